The van der Waals surface area contributed by atoms with Crippen molar-refractivity contribution in [2.45, 2.75) is 25.2 Å². The second kappa shape index (κ2) is 10.8. The summed E-state index contributed by atoms with van der Waals surface area (Å²) in [6.07, 6.45) is 5.37. The van der Waals surface area contributed by atoms with Crippen molar-refractivity contribution in [1.82, 2.24) is 9.71 Å². The van der Waals surface area contributed by atoms with Gasteiger partial charge in [-0.05, 0) is 55.2 Å². The fraction of sp³-hybridized carbons (Fsp3) is 0.200. The Morgan fingerprint density at radius 1 is 1.03 bits per heavy atom. The summed E-state index contributed by atoms with van der Waals surface area (Å²) in [5.74, 6) is -0.416. The van der Waals surface area contributed by atoms with Crippen molar-refractivity contribution in [3.63, 3.8) is 0 Å². The van der Waals surface area contributed by atoms with Crippen molar-refractivity contribution >= 4 is 21.6 Å². The average Bonchev–Trinajstić information content (AvgIpc) is 2.79. The zero-order valence-electron chi connectivity index (χ0n) is 18.1. The minimum absolute atomic E-state index is 0.253. The number of aryl methyl sites for hydroxylation is 1. The van der Waals surface area contributed by atoms with E-state index in [0.717, 1.165) is 22.3 Å². The lowest BCUT2D eigenvalue weighted by atomic mass is 9.97. The molecule has 0 aliphatic heterocycles. The van der Waals surface area contributed by atoms with Crippen molar-refractivity contribution in [2.24, 2.45) is 0 Å². The highest BCUT2D eigenvalue weighted by Crippen LogP contribution is 2.23. The van der Waals surface area contributed by atoms with Gasteiger partial charge in [0.2, 0.25) is 10.0 Å². The van der Waals surface area contributed by atoms with Gasteiger partial charge in [0.25, 0.3) is 0 Å². The molecule has 0 aliphatic rings. The minimum atomic E-state index is -3.54. The van der Waals surface area contributed by atoms with E-state index in [1.807, 2.05) is 43.3 Å². The van der Waals surface area contributed by atoms with Crippen LogP contribution >= 0.6 is 0 Å². The second-order valence-electron chi connectivity index (χ2n) is 7.21. The van der Waals surface area contributed by atoms with Crippen LogP contribution in [0.1, 0.15) is 29.2 Å². The fourth-order valence-corrected chi connectivity index (χ4v) is 4.17. The van der Waals surface area contributed by atoms with E-state index in [2.05, 4.69) is 9.71 Å². The summed E-state index contributed by atoms with van der Waals surface area (Å²) in [4.78, 5) is 16.4. The molecule has 1 heterocycles. The van der Waals surface area contributed by atoms with Gasteiger partial charge in [0.05, 0.1) is 11.5 Å². The van der Waals surface area contributed by atoms with Gasteiger partial charge in [-0.15, -0.1) is 0 Å². The summed E-state index contributed by atoms with van der Waals surface area (Å²) in [6.45, 7) is 4.25. The largest absolute Gasteiger partial charge is 0.463 e. The zero-order chi connectivity index (χ0) is 23.0. The van der Waals surface area contributed by atoms with E-state index in [1.54, 1.807) is 43.6 Å². The van der Waals surface area contributed by atoms with E-state index in [0.29, 0.717) is 18.6 Å². The molecule has 3 aromatic rings. The summed E-state index contributed by atoms with van der Waals surface area (Å²) in [5, 5.41) is 0. The van der Waals surface area contributed by atoms with Gasteiger partial charge in [0, 0.05) is 30.6 Å². The van der Waals surface area contributed by atoms with Crippen molar-refractivity contribution in [2.75, 3.05) is 13.2 Å². The minimum Gasteiger partial charge on any atom is -0.463 e. The molecule has 32 heavy (non-hydrogen) atoms. The monoisotopic (exact) mass is 450 g/mol. The molecule has 1 aromatic heterocycles. The topological polar surface area (TPSA) is 85.4 Å². The predicted octanol–water partition coefficient (Wildman–Crippen LogP) is 3.91. The number of rotatable bonds is 9. The molecule has 3 rings (SSSR count). The Bertz CT molecular complexity index is 1170. The van der Waals surface area contributed by atoms with Crippen molar-refractivity contribution in [1.29, 1.82) is 0 Å². The smallest absolute Gasteiger partial charge is 0.331 e. The normalized spacial score (nSPS) is 11.9. The summed E-state index contributed by atoms with van der Waals surface area (Å²) in [6, 6.07) is 18.1. The lowest BCUT2D eigenvalue weighted by Gasteiger charge is -2.10. The van der Waals surface area contributed by atoms with Crippen molar-refractivity contribution in [3.8, 4) is 0 Å². The van der Waals surface area contributed by atoms with Gasteiger partial charge in [-0.1, -0.05) is 48.0 Å². The molecule has 0 atom stereocenters. The Morgan fingerprint density at radius 2 is 1.75 bits per heavy atom. The molecule has 166 valence electrons. The van der Waals surface area contributed by atoms with Crippen LogP contribution in [0.2, 0.25) is 0 Å². The maximum atomic E-state index is 12.4. The number of carbonyl (C=O) groups is 1. The molecule has 0 unspecified atom stereocenters. The number of carbonyl (C=O) groups excluding carboxylic acids is 1. The standard InChI is InChI=1S/C25H26N2O4S/c1-3-31-25(28)17-24(22-5-4-15-26-18-22)21-10-8-20(9-11-21)14-16-27-32(29,30)23-12-6-19(2)7-13-23/h4-13,15,17-18,27H,3,14,16H2,1-2H3/b24-17+. The molecule has 7 heteroatoms. The van der Waals surface area contributed by atoms with Crippen LogP contribution in [0.15, 0.2) is 84.0 Å². The highest BCUT2D eigenvalue weighted by atomic mass is 32.2. The molecule has 2 aromatic carbocycles. The summed E-state index contributed by atoms with van der Waals surface area (Å²) in [7, 11) is -3.54. The van der Waals surface area contributed by atoms with Crippen molar-refractivity contribution in [3.05, 3.63) is 101 Å². The number of ether oxygens (including phenoxy) is 1. The first-order chi connectivity index (χ1) is 15.4. The molecule has 6 nitrogen and oxygen atoms in total. The van der Waals surface area contributed by atoms with Crippen LogP contribution in [-0.4, -0.2) is 32.5 Å². The number of nitrogens with one attached hydrogen (secondary N) is 1. The van der Waals surface area contributed by atoms with E-state index in [4.69, 9.17) is 4.74 Å². The van der Waals surface area contributed by atoms with Crippen LogP contribution in [0.3, 0.4) is 0 Å². The molecule has 0 fully saturated rings. The highest BCUT2D eigenvalue weighted by molar-refractivity contribution is 7.89. The molecule has 0 saturated carbocycles. The highest BCUT2D eigenvalue weighted by Gasteiger charge is 2.13. The number of pyridine rings is 1. The van der Waals surface area contributed by atoms with Gasteiger partial charge < -0.3 is 4.74 Å². The summed E-state index contributed by atoms with van der Waals surface area (Å²) >= 11 is 0. The molecule has 0 radical (unpaired) electrons. The number of hydrogen-bond donors (Lipinski definition) is 1. The first kappa shape index (κ1) is 23.4. The SMILES string of the molecule is CCOC(=O)/C=C(\c1ccc(CCNS(=O)(=O)c2ccc(C)cc2)cc1)c1cccnc1. The van der Waals surface area contributed by atoms with Gasteiger partial charge >= 0.3 is 5.97 Å². The van der Waals surface area contributed by atoms with Crippen LogP contribution in [-0.2, 0) is 26.0 Å². The average molecular weight is 451 g/mol. The predicted molar refractivity (Wildman–Crippen MR) is 124 cm³/mol. The van der Waals surface area contributed by atoms with Crippen LogP contribution in [0.4, 0.5) is 0 Å². The molecular formula is C25H26N2O4S. The van der Waals surface area contributed by atoms with Crippen LogP contribution in [0.5, 0.6) is 0 Å². The number of sulfonamides is 1. The Hall–Kier alpha value is -3.29. The number of esters is 1. The molecule has 0 amide bonds. The van der Waals surface area contributed by atoms with Crippen LogP contribution < -0.4 is 4.72 Å². The first-order valence-electron chi connectivity index (χ1n) is 10.3. The van der Waals surface area contributed by atoms with E-state index in [-0.39, 0.29) is 11.4 Å². The van der Waals surface area contributed by atoms with Gasteiger partial charge in [-0.3, -0.25) is 4.98 Å². The molecule has 1 N–H and O–H groups in total. The quantitative estimate of drug-likeness (QED) is 0.395. The Morgan fingerprint density at radius 3 is 2.38 bits per heavy atom. The molecule has 0 bridgehead atoms. The zero-order valence-corrected chi connectivity index (χ0v) is 18.9. The van der Waals surface area contributed by atoms with Crippen LogP contribution in [0.25, 0.3) is 5.57 Å². The van der Waals surface area contributed by atoms with Gasteiger partial charge in [0.15, 0.2) is 0 Å². The third-order valence-corrected chi connectivity index (χ3v) is 6.30. The maximum absolute atomic E-state index is 12.4. The van der Waals surface area contributed by atoms with Gasteiger partial charge in [-0.2, -0.15) is 0 Å². The molecule has 0 aliphatic carbocycles. The Kier molecular flexibility index (Phi) is 7.92. The van der Waals surface area contributed by atoms with E-state index < -0.39 is 16.0 Å². The van der Waals surface area contributed by atoms with Crippen LogP contribution in [0, 0.1) is 6.92 Å². The van der Waals surface area contributed by atoms with E-state index >= 15 is 0 Å². The molecule has 0 saturated heterocycles. The number of benzene rings is 2. The van der Waals surface area contributed by atoms with E-state index in [9.17, 15) is 13.2 Å². The number of aromatic nitrogens is 1. The van der Waals surface area contributed by atoms with Gasteiger partial charge in [-0.25, -0.2) is 17.9 Å². The first-order valence-corrected chi connectivity index (χ1v) is 11.8. The van der Waals surface area contributed by atoms with E-state index in [1.165, 1.54) is 6.08 Å². The molecule has 0 spiro atoms. The van der Waals surface area contributed by atoms with Crippen molar-refractivity contribution < 1.29 is 17.9 Å². The number of hydrogen-bond acceptors (Lipinski definition) is 5. The lowest BCUT2D eigenvalue weighted by Crippen LogP contribution is -2.26. The third kappa shape index (κ3) is 6.35. The Balaban J connectivity index is 1.70. The second-order valence-corrected chi connectivity index (χ2v) is 8.98. The Labute approximate surface area is 189 Å². The summed E-state index contributed by atoms with van der Waals surface area (Å²) in [5.41, 5.74) is 4.34. The fourth-order valence-electron chi connectivity index (χ4n) is 3.14. The van der Waals surface area contributed by atoms with Gasteiger partial charge in [0.1, 0.15) is 0 Å². The maximum Gasteiger partial charge on any atom is 0.331 e. The third-order valence-electron chi connectivity index (χ3n) is 4.82. The molecular weight excluding hydrogens is 424 g/mol. The number of nitrogens with zero attached hydrogens (tertiary/aromatic N) is 1. The summed E-state index contributed by atoms with van der Waals surface area (Å²) < 4.78 is 32.5. The lowest BCUT2D eigenvalue weighted by molar-refractivity contribution is -0.137.